The maximum Gasteiger partial charge on any atom is 0.146 e. The van der Waals surface area contributed by atoms with Crippen LogP contribution in [0.25, 0.3) is 11.0 Å². The van der Waals surface area contributed by atoms with Crippen LogP contribution in [-0.4, -0.2) is 27.6 Å². The average molecular weight is 361 g/mol. The number of anilines is 1. The van der Waals surface area contributed by atoms with E-state index in [-0.39, 0.29) is 0 Å². The van der Waals surface area contributed by atoms with E-state index in [2.05, 4.69) is 47.7 Å². The van der Waals surface area contributed by atoms with Crippen LogP contribution in [0.5, 0.6) is 0 Å². The van der Waals surface area contributed by atoms with Crippen LogP contribution in [0.3, 0.4) is 0 Å². The lowest BCUT2D eigenvalue weighted by atomic mass is 9.96. The van der Waals surface area contributed by atoms with Crippen molar-refractivity contribution in [3.8, 4) is 0 Å². The zero-order valence-electron chi connectivity index (χ0n) is 16.4. The molecule has 0 saturated heterocycles. The Morgan fingerprint density at radius 1 is 1.04 bits per heavy atom. The van der Waals surface area contributed by atoms with E-state index in [0.29, 0.717) is 6.04 Å². The molecule has 2 aliphatic carbocycles. The fraction of sp³-hybridized carbons (Fsp3) is 0.478. The Labute approximate surface area is 161 Å². The van der Waals surface area contributed by atoms with Crippen LogP contribution >= 0.6 is 0 Å². The summed E-state index contributed by atoms with van der Waals surface area (Å²) in [5, 5.41) is 1.31. The Bertz CT molecular complexity index is 966. The smallest absolute Gasteiger partial charge is 0.146 e. The number of aromatic nitrogens is 3. The van der Waals surface area contributed by atoms with Gasteiger partial charge in [0.1, 0.15) is 17.8 Å². The Kier molecular flexibility index (Phi) is 4.14. The average Bonchev–Trinajstić information content (AvgIpc) is 3.52. The van der Waals surface area contributed by atoms with Crippen molar-refractivity contribution in [1.82, 2.24) is 14.5 Å². The molecule has 0 amide bonds. The molecule has 4 heteroatoms. The quantitative estimate of drug-likeness (QED) is 0.671. The number of fused-ring (bicyclic) bond motifs is 3. The van der Waals surface area contributed by atoms with Gasteiger partial charge < -0.3 is 9.47 Å². The highest BCUT2D eigenvalue weighted by Gasteiger charge is 2.31. The third kappa shape index (κ3) is 2.91. The topological polar surface area (TPSA) is 34.0 Å². The third-order valence-electron chi connectivity index (χ3n) is 6.33. The van der Waals surface area contributed by atoms with Crippen molar-refractivity contribution < 1.29 is 0 Å². The Balaban J connectivity index is 1.63. The molecule has 5 rings (SSSR count). The summed E-state index contributed by atoms with van der Waals surface area (Å²) < 4.78 is 2.47. The zero-order chi connectivity index (χ0) is 18.4. The minimum Gasteiger partial charge on any atom is -0.356 e. The highest BCUT2D eigenvalue weighted by molar-refractivity contribution is 5.93. The molecule has 1 fully saturated rings. The van der Waals surface area contributed by atoms with Crippen LogP contribution < -0.4 is 4.90 Å². The Morgan fingerprint density at radius 2 is 1.78 bits per heavy atom. The first-order chi connectivity index (χ1) is 13.3. The normalized spacial score (nSPS) is 16.5. The molecular formula is C23H28N4. The van der Waals surface area contributed by atoms with Gasteiger partial charge in [-0.2, -0.15) is 0 Å². The van der Waals surface area contributed by atoms with Gasteiger partial charge in [0.25, 0.3) is 0 Å². The van der Waals surface area contributed by atoms with Gasteiger partial charge >= 0.3 is 0 Å². The largest absolute Gasteiger partial charge is 0.356 e. The summed E-state index contributed by atoms with van der Waals surface area (Å²) in [5.41, 5.74) is 6.87. The molecule has 0 unspecified atom stereocenters. The minimum absolute atomic E-state index is 0.660. The molecule has 0 bridgehead atoms. The van der Waals surface area contributed by atoms with E-state index in [1.165, 1.54) is 53.5 Å². The number of nitrogens with zero attached hydrogens (tertiary/aromatic N) is 4. The lowest BCUT2D eigenvalue weighted by molar-refractivity contribution is 0.636. The maximum atomic E-state index is 4.76. The van der Waals surface area contributed by atoms with Gasteiger partial charge in [-0.05, 0) is 61.6 Å². The van der Waals surface area contributed by atoms with Gasteiger partial charge in [-0.15, -0.1) is 0 Å². The van der Waals surface area contributed by atoms with Crippen LogP contribution in [0, 0.1) is 0 Å². The first-order valence-electron chi connectivity index (χ1n) is 10.4. The maximum absolute atomic E-state index is 4.76. The van der Waals surface area contributed by atoms with Crippen molar-refractivity contribution in [2.24, 2.45) is 0 Å². The lowest BCUT2D eigenvalue weighted by Crippen LogP contribution is -2.21. The summed E-state index contributed by atoms with van der Waals surface area (Å²) in [5.74, 6) is 1.14. The molecule has 0 atom stereocenters. The van der Waals surface area contributed by atoms with Gasteiger partial charge in [0.15, 0.2) is 0 Å². The van der Waals surface area contributed by atoms with Crippen molar-refractivity contribution in [3.63, 3.8) is 0 Å². The van der Waals surface area contributed by atoms with Crippen LogP contribution in [0.4, 0.5) is 5.82 Å². The summed E-state index contributed by atoms with van der Waals surface area (Å²) in [4.78, 5) is 11.9. The molecule has 4 nitrogen and oxygen atoms in total. The van der Waals surface area contributed by atoms with Gasteiger partial charge in [0.2, 0.25) is 0 Å². The van der Waals surface area contributed by atoms with Crippen LogP contribution in [0.1, 0.15) is 55.0 Å². The van der Waals surface area contributed by atoms with E-state index >= 15 is 0 Å². The SMILES string of the molecule is CCc1ccc(Cn2c3c(c4c(N(C)C5CC5)ncnc42)CCCC3)cc1. The molecule has 27 heavy (non-hydrogen) atoms. The fourth-order valence-corrected chi connectivity index (χ4v) is 4.56. The number of benzene rings is 1. The van der Waals surface area contributed by atoms with E-state index in [1.807, 2.05) is 0 Å². The summed E-state index contributed by atoms with van der Waals surface area (Å²) in [6, 6.07) is 9.73. The van der Waals surface area contributed by atoms with Crippen LogP contribution in [-0.2, 0) is 25.8 Å². The first-order valence-corrected chi connectivity index (χ1v) is 10.4. The number of rotatable bonds is 5. The van der Waals surface area contributed by atoms with Gasteiger partial charge in [-0.3, -0.25) is 0 Å². The van der Waals surface area contributed by atoms with E-state index in [9.17, 15) is 0 Å². The van der Waals surface area contributed by atoms with Crippen molar-refractivity contribution in [2.45, 2.75) is 64.5 Å². The van der Waals surface area contributed by atoms with E-state index < -0.39 is 0 Å². The molecule has 0 radical (unpaired) electrons. The standard InChI is InChI=1S/C23H28N4/c1-3-16-8-10-17(11-9-16)14-27-20-7-5-4-6-19(20)21-22(24-15-25-23(21)27)26(2)18-12-13-18/h8-11,15,18H,3-7,12-14H2,1-2H3. The van der Waals surface area contributed by atoms with Crippen molar-refractivity contribution in [2.75, 3.05) is 11.9 Å². The third-order valence-corrected chi connectivity index (χ3v) is 6.33. The number of hydrogen-bond acceptors (Lipinski definition) is 3. The van der Waals surface area contributed by atoms with Crippen molar-refractivity contribution >= 4 is 16.9 Å². The van der Waals surface area contributed by atoms with E-state index in [1.54, 1.807) is 6.33 Å². The zero-order valence-corrected chi connectivity index (χ0v) is 16.4. The second kappa shape index (κ2) is 6.66. The van der Waals surface area contributed by atoms with Crippen molar-refractivity contribution in [1.29, 1.82) is 0 Å². The second-order valence-electron chi connectivity index (χ2n) is 8.13. The molecule has 2 aromatic heterocycles. The summed E-state index contributed by atoms with van der Waals surface area (Å²) in [7, 11) is 2.20. The first kappa shape index (κ1) is 16.8. The fourth-order valence-electron chi connectivity index (χ4n) is 4.56. The molecule has 2 heterocycles. The number of aryl methyl sites for hydroxylation is 2. The van der Waals surface area contributed by atoms with E-state index in [0.717, 1.165) is 37.3 Å². The highest BCUT2D eigenvalue weighted by atomic mass is 15.2. The minimum atomic E-state index is 0.660. The molecule has 0 N–H and O–H groups in total. The van der Waals surface area contributed by atoms with Gasteiger partial charge in [-0.25, -0.2) is 9.97 Å². The molecule has 3 aromatic rings. The molecular weight excluding hydrogens is 332 g/mol. The van der Waals surface area contributed by atoms with E-state index in [4.69, 9.17) is 9.97 Å². The second-order valence-corrected chi connectivity index (χ2v) is 8.13. The summed E-state index contributed by atoms with van der Waals surface area (Å²) in [6.07, 6.45) is 10.3. The van der Waals surface area contributed by atoms with Crippen LogP contribution in [0.2, 0.25) is 0 Å². The predicted molar refractivity (Wildman–Crippen MR) is 111 cm³/mol. The molecule has 140 valence electrons. The Hall–Kier alpha value is -2.36. The van der Waals surface area contributed by atoms with Gasteiger partial charge in [0, 0.05) is 25.3 Å². The van der Waals surface area contributed by atoms with Crippen molar-refractivity contribution in [3.05, 3.63) is 53.0 Å². The van der Waals surface area contributed by atoms with Crippen LogP contribution in [0.15, 0.2) is 30.6 Å². The molecule has 1 aromatic carbocycles. The highest BCUT2D eigenvalue weighted by Crippen LogP contribution is 2.39. The molecule has 2 aliphatic rings. The molecule has 0 spiro atoms. The summed E-state index contributed by atoms with van der Waals surface area (Å²) in [6.45, 7) is 3.11. The monoisotopic (exact) mass is 360 g/mol. The predicted octanol–water partition coefficient (Wildman–Crippen LogP) is 4.52. The molecule has 1 saturated carbocycles. The van der Waals surface area contributed by atoms with Gasteiger partial charge in [0.05, 0.1) is 5.39 Å². The number of hydrogen-bond donors (Lipinski definition) is 0. The molecule has 0 aliphatic heterocycles. The summed E-state index contributed by atoms with van der Waals surface area (Å²) >= 11 is 0. The van der Waals surface area contributed by atoms with Gasteiger partial charge in [-0.1, -0.05) is 31.2 Å². The Morgan fingerprint density at radius 3 is 2.52 bits per heavy atom. The lowest BCUT2D eigenvalue weighted by Gasteiger charge is -2.19.